The van der Waals surface area contributed by atoms with E-state index in [1.807, 2.05) is 5.06 Å². The third kappa shape index (κ3) is 1.14. The summed E-state index contributed by atoms with van der Waals surface area (Å²) in [6, 6.07) is 0. The maximum atomic E-state index is 5.14. The van der Waals surface area contributed by atoms with Gasteiger partial charge in [0.15, 0.2) is 0 Å². The fraction of sp³-hybridized carbons (Fsp3) is 1.00. The van der Waals surface area contributed by atoms with Crippen molar-refractivity contribution in [2.75, 3.05) is 19.7 Å². The standard InChI is InChI=1S/C5H11NO/c1-2-6-4-3-5-7-6/h2-5H2,1H3. The van der Waals surface area contributed by atoms with E-state index >= 15 is 0 Å². The molecule has 1 aliphatic rings. The van der Waals surface area contributed by atoms with Crippen LogP contribution in [0.4, 0.5) is 0 Å². The Morgan fingerprint density at radius 2 is 2.57 bits per heavy atom. The Hall–Kier alpha value is -0.0800. The smallest absolute Gasteiger partial charge is 0.0698 e. The van der Waals surface area contributed by atoms with Crippen molar-refractivity contribution in [2.45, 2.75) is 13.3 Å². The molecular weight excluding hydrogens is 90.1 g/mol. The minimum Gasteiger partial charge on any atom is -0.299 e. The van der Waals surface area contributed by atoms with Crippen molar-refractivity contribution in [3.05, 3.63) is 0 Å². The summed E-state index contributed by atoms with van der Waals surface area (Å²) >= 11 is 0. The van der Waals surface area contributed by atoms with Crippen molar-refractivity contribution in [2.24, 2.45) is 0 Å². The second kappa shape index (κ2) is 2.28. The molecule has 1 fully saturated rings. The van der Waals surface area contributed by atoms with Crippen LogP contribution in [0.3, 0.4) is 0 Å². The predicted octanol–water partition coefficient (Wildman–Crippen LogP) is 0.644. The molecule has 0 spiro atoms. The van der Waals surface area contributed by atoms with Gasteiger partial charge in [-0.2, -0.15) is 5.06 Å². The number of nitrogens with zero attached hydrogens (tertiary/aromatic N) is 1. The third-order valence-electron chi connectivity index (χ3n) is 1.18. The van der Waals surface area contributed by atoms with E-state index < -0.39 is 0 Å². The zero-order chi connectivity index (χ0) is 5.11. The molecule has 0 radical (unpaired) electrons. The topological polar surface area (TPSA) is 12.5 Å². The number of hydrogen-bond acceptors (Lipinski definition) is 2. The molecule has 0 atom stereocenters. The zero-order valence-electron chi connectivity index (χ0n) is 4.68. The molecule has 0 aromatic carbocycles. The first kappa shape index (κ1) is 5.06. The Labute approximate surface area is 44.0 Å². The number of rotatable bonds is 1. The lowest BCUT2D eigenvalue weighted by Gasteiger charge is -2.07. The number of hydrogen-bond donors (Lipinski definition) is 0. The summed E-state index contributed by atoms with van der Waals surface area (Å²) in [6.07, 6.45) is 1.20. The largest absolute Gasteiger partial charge is 0.299 e. The van der Waals surface area contributed by atoms with E-state index in [1.165, 1.54) is 6.42 Å². The van der Waals surface area contributed by atoms with Crippen LogP contribution >= 0.6 is 0 Å². The fourth-order valence-electron chi connectivity index (χ4n) is 0.749. The lowest BCUT2D eigenvalue weighted by Crippen LogP contribution is -2.16. The molecule has 1 heterocycles. The highest BCUT2D eigenvalue weighted by atomic mass is 16.7. The molecule has 1 saturated heterocycles. The molecule has 1 rings (SSSR count). The van der Waals surface area contributed by atoms with Gasteiger partial charge < -0.3 is 0 Å². The number of hydroxylamine groups is 2. The molecule has 0 N–H and O–H groups in total. The van der Waals surface area contributed by atoms with Gasteiger partial charge in [-0.25, -0.2) is 0 Å². The summed E-state index contributed by atoms with van der Waals surface area (Å²) in [5, 5.41) is 1.99. The van der Waals surface area contributed by atoms with E-state index in [0.717, 1.165) is 19.7 Å². The summed E-state index contributed by atoms with van der Waals surface area (Å²) in [7, 11) is 0. The quantitative estimate of drug-likeness (QED) is 0.480. The first-order valence-corrected chi connectivity index (χ1v) is 2.81. The van der Waals surface area contributed by atoms with Gasteiger partial charge >= 0.3 is 0 Å². The Kier molecular flexibility index (Phi) is 1.65. The fourth-order valence-corrected chi connectivity index (χ4v) is 0.749. The monoisotopic (exact) mass is 101 g/mol. The molecule has 0 aromatic rings. The van der Waals surface area contributed by atoms with E-state index in [4.69, 9.17) is 4.84 Å². The minimum atomic E-state index is 0.924. The molecule has 0 bridgehead atoms. The van der Waals surface area contributed by atoms with Gasteiger partial charge in [-0.05, 0) is 6.42 Å². The van der Waals surface area contributed by atoms with Crippen LogP contribution in [-0.2, 0) is 4.84 Å². The summed E-state index contributed by atoms with van der Waals surface area (Å²) < 4.78 is 0. The van der Waals surface area contributed by atoms with Crippen molar-refractivity contribution in [1.29, 1.82) is 0 Å². The van der Waals surface area contributed by atoms with Crippen molar-refractivity contribution in [1.82, 2.24) is 5.06 Å². The molecule has 1 aliphatic heterocycles. The molecule has 7 heavy (non-hydrogen) atoms. The van der Waals surface area contributed by atoms with Crippen LogP contribution in [0.1, 0.15) is 13.3 Å². The molecule has 0 amide bonds. The van der Waals surface area contributed by atoms with Crippen LogP contribution in [0.25, 0.3) is 0 Å². The van der Waals surface area contributed by atoms with Gasteiger partial charge in [-0.3, -0.25) is 4.84 Å². The average molecular weight is 101 g/mol. The highest BCUT2D eigenvalue weighted by molar-refractivity contribution is 4.48. The second-order valence-electron chi connectivity index (χ2n) is 1.71. The zero-order valence-corrected chi connectivity index (χ0v) is 4.68. The summed E-state index contributed by atoms with van der Waals surface area (Å²) in [5.41, 5.74) is 0. The Morgan fingerprint density at radius 1 is 1.71 bits per heavy atom. The maximum absolute atomic E-state index is 5.14. The lowest BCUT2D eigenvalue weighted by atomic mass is 10.5. The van der Waals surface area contributed by atoms with Gasteiger partial charge in [0.1, 0.15) is 0 Å². The van der Waals surface area contributed by atoms with Gasteiger partial charge in [0.25, 0.3) is 0 Å². The molecule has 2 nitrogen and oxygen atoms in total. The maximum Gasteiger partial charge on any atom is 0.0698 e. The Bertz CT molecular complexity index is 50.0. The van der Waals surface area contributed by atoms with Crippen LogP contribution in [-0.4, -0.2) is 24.8 Å². The van der Waals surface area contributed by atoms with Crippen molar-refractivity contribution >= 4 is 0 Å². The van der Waals surface area contributed by atoms with E-state index in [2.05, 4.69) is 6.92 Å². The van der Waals surface area contributed by atoms with Crippen molar-refractivity contribution < 1.29 is 4.84 Å². The van der Waals surface area contributed by atoms with Gasteiger partial charge in [-0.15, -0.1) is 0 Å². The van der Waals surface area contributed by atoms with Crippen LogP contribution in [0, 0.1) is 0 Å². The van der Waals surface area contributed by atoms with Gasteiger partial charge in [0.2, 0.25) is 0 Å². The Morgan fingerprint density at radius 3 is 2.86 bits per heavy atom. The molecule has 0 unspecified atom stereocenters. The molecule has 0 aromatic heterocycles. The van der Waals surface area contributed by atoms with Crippen molar-refractivity contribution in [3.63, 3.8) is 0 Å². The van der Waals surface area contributed by atoms with Gasteiger partial charge in [0.05, 0.1) is 6.61 Å². The minimum absolute atomic E-state index is 0.924. The highest BCUT2D eigenvalue weighted by Gasteiger charge is 2.07. The second-order valence-corrected chi connectivity index (χ2v) is 1.71. The Balaban J connectivity index is 2.14. The summed E-state index contributed by atoms with van der Waals surface area (Å²) in [5.74, 6) is 0. The molecule has 0 aliphatic carbocycles. The van der Waals surface area contributed by atoms with Crippen LogP contribution in [0.5, 0.6) is 0 Å². The predicted molar refractivity (Wildman–Crippen MR) is 27.8 cm³/mol. The van der Waals surface area contributed by atoms with Crippen LogP contribution in [0.15, 0.2) is 0 Å². The van der Waals surface area contributed by atoms with E-state index in [1.54, 1.807) is 0 Å². The summed E-state index contributed by atoms with van der Waals surface area (Å²) in [6.45, 7) is 5.18. The first-order valence-electron chi connectivity index (χ1n) is 2.81. The first-order chi connectivity index (χ1) is 3.43. The van der Waals surface area contributed by atoms with E-state index in [9.17, 15) is 0 Å². The SMILES string of the molecule is CCN1CCCO1. The summed E-state index contributed by atoms with van der Waals surface area (Å²) in [4.78, 5) is 5.14. The third-order valence-corrected chi connectivity index (χ3v) is 1.18. The van der Waals surface area contributed by atoms with Crippen LogP contribution in [0.2, 0.25) is 0 Å². The molecule has 42 valence electrons. The van der Waals surface area contributed by atoms with Crippen molar-refractivity contribution in [3.8, 4) is 0 Å². The molecule has 2 heteroatoms. The van der Waals surface area contributed by atoms with E-state index in [-0.39, 0.29) is 0 Å². The molecule has 0 saturated carbocycles. The van der Waals surface area contributed by atoms with Crippen LogP contribution < -0.4 is 0 Å². The van der Waals surface area contributed by atoms with Gasteiger partial charge in [-0.1, -0.05) is 6.92 Å². The van der Waals surface area contributed by atoms with Gasteiger partial charge in [0, 0.05) is 13.1 Å². The highest BCUT2D eigenvalue weighted by Crippen LogP contribution is 2.01. The van der Waals surface area contributed by atoms with E-state index in [0.29, 0.717) is 0 Å². The molecular formula is C5H11NO. The normalized spacial score (nSPS) is 23.6. The lowest BCUT2D eigenvalue weighted by molar-refractivity contribution is -0.105. The average Bonchev–Trinajstić information content (AvgIpc) is 2.14.